The number of fused-ring (bicyclic) bond motifs is 2. The lowest BCUT2D eigenvalue weighted by atomic mass is 9.81. The van der Waals surface area contributed by atoms with Gasteiger partial charge in [-0.25, -0.2) is 4.79 Å². The molecule has 1 saturated heterocycles. The standard InChI is InChI=1S/C22H24N2O8/c1-11(24-20(27)13-5-3-4-6-14(13)21(24)28)22(29)30-9-19(26)23-16-8-18-17(31-10-32-18)7-15(16)12(2)25/h7-8,11,13-14H,3-6,9-10H2,1-2H3,(H,23,26). The van der Waals surface area contributed by atoms with Gasteiger partial charge in [0.15, 0.2) is 23.9 Å². The zero-order valence-electron chi connectivity index (χ0n) is 17.8. The normalized spacial score (nSPS) is 22.4. The average Bonchev–Trinajstić information content (AvgIpc) is 3.33. The fourth-order valence-electron chi connectivity index (χ4n) is 4.46. The zero-order valence-corrected chi connectivity index (χ0v) is 17.8. The van der Waals surface area contributed by atoms with Crippen LogP contribution in [0.4, 0.5) is 5.69 Å². The number of carbonyl (C=O) groups excluding carboxylic acids is 5. The summed E-state index contributed by atoms with van der Waals surface area (Å²) < 4.78 is 15.6. The van der Waals surface area contributed by atoms with Crippen LogP contribution in [-0.4, -0.2) is 53.8 Å². The molecule has 3 unspecified atom stereocenters. The highest BCUT2D eigenvalue weighted by Crippen LogP contribution is 2.39. The van der Waals surface area contributed by atoms with Gasteiger partial charge in [0.25, 0.3) is 5.91 Å². The van der Waals surface area contributed by atoms with Crippen LogP contribution in [-0.2, 0) is 23.9 Å². The highest BCUT2D eigenvalue weighted by atomic mass is 16.7. The maximum absolute atomic E-state index is 12.6. The number of anilines is 1. The van der Waals surface area contributed by atoms with Gasteiger partial charge < -0.3 is 19.5 Å². The summed E-state index contributed by atoms with van der Waals surface area (Å²) in [5, 5.41) is 2.52. The summed E-state index contributed by atoms with van der Waals surface area (Å²) in [5.74, 6) is -2.48. The topological polar surface area (TPSA) is 128 Å². The molecule has 0 radical (unpaired) electrons. The molecule has 4 rings (SSSR count). The van der Waals surface area contributed by atoms with Crippen molar-refractivity contribution in [1.82, 2.24) is 4.90 Å². The average molecular weight is 444 g/mol. The van der Waals surface area contributed by atoms with Gasteiger partial charge in [-0.1, -0.05) is 12.8 Å². The second-order valence-corrected chi connectivity index (χ2v) is 8.18. The number of hydrogen-bond acceptors (Lipinski definition) is 8. The van der Waals surface area contributed by atoms with Gasteiger partial charge in [0.05, 0.1) is 17.5 Å². The van der Waals surface area contributed by atoms with E-state index in [2.05, 4.69) is 5.32 Å². The van der Waals surface area contributed by atoms with Crippen molar-refractivity contribution >= 4 is 35.2 Å². The molecule has 3 atom stereocenters. The molecule has 3 amide bonds. The van der Waals surface area contributed by atoms with E-state index in [1.54, 1.807) is 0 Å². The van der Waals surface area contributed by atoms with Crippen molar-refractivity contribution in [2.75, 3.05) is 18.7 Å². The first-order valence-electron chi connectivity index (χ1n) is 10.6. The smallest absolute Gasteiger partial charge is 0.329 e. The van der Waals surface area contributed by atoms with Crippen molar-refractivity contribution in [2.45, 2.75) is 45.6 Å². The van der Waals surface area contributed by atoms with Crippen molar-refractivity contribution in [3.05, 3.63) is 17.7 Å². The molecule has 1 aliphatic carbocycles. The Kier molecular flexibility index (Phi) is 5.86. The van der Waals surface area contributed by atoms with Gasteiger partial charge in [0.1, 0.15) is 6.04 Å². The molecule has 2 aliphatic heterocycles. The Morgan fingerprint density at radius 3 is 2.28 bits per heavy atom. The van der Waals surface area contributed by atoms with Gasteiger partial charge in [-0.2, -0.15) is 0 Å². The number of esters is 1. The number of nitrogens with zero attached hydrogens (tertiary/aromatic N) is 1. The summed E-state index contributed by atoms with van der Waals surface area (Å²) in [7, 11) is 0. The van der Waals surface area contributed by atoms with E-state index in [0.29, 0.717) is 24.3 Å². The first kappa shape index (κ1) is 21.8. The Balaban J connectivity index is 1.37. The van der Waals surface area contributed by atoms with E-state index in [9.17, 15) is 24.0 Å². The van der Waals surface area contributed by atoms with E-state index in [4.69, 9.17) is 14.2 Å². The predicted octanol–water partition coefficient (Wildman–Crippen LogP) is 1.66. The molecule has 10 nitrogen and oxygen atoms in total. The SMILES string of the molecule is CC(=O)c1cc2c(cc1NC(=O)COC(=O)C(C)N1C(=O)C3CCCCC3C1=O)OCO2. The number of likely N-dealkylation sites (tertiary alicyclic amines) is 1. The van der Waals surface area contributed by atoms with Crippen LogP contribution in [0.1, 0.15) is 49.9 Å². The number of ether oxygens (including phenoxy) is 3. The van der Waals surface area contributed by atoms with Gasteiger partial charge in [-0.05, 0) is 32.8 Å². The number of Topliss-reactive ketones (excluding diaryl/α,β-unsaturated/α-hetero) is 1. The second-order valence-electron chi connectivity index (χ2n) is 8.18. The molecule has 10 heteroatoms. The molecule has 1 aromatic rings. The largest absolute Gasteiger partial charge is 0.454 e. The zero-order chi connectivity index (χ0) is 23.0. The van der Waals surface area contributed by atoms with Crippen LogP contribution in [0.15, 0.2) is 12.1 Å². The van der Waals surface area contributed by atoms with E-state index in [0.717, 1.165) is 17.7 Å². The third-order valence-corrected chi connectivity index (χ3v) is 6.12. The van der Waals surface area contributed by atoms with Crippen LogP contribution < -0.4 is 14.8 Å². The lowest BCUT2D eigenvalue weighted by molar-refractivity contribution is -0.159. The molecule has 32 heavy (non-hydrogen) atoms. The highest BCUT2D eigenvalue weighted by molar-refractivity contribution is 6.08. The number of benzene rings is 1. The number of amides is 3. The summed E-state index contributed by atoms with van der Waals surface area (Å²) >= 11 is 0. The van der Waals surface area contributed by atoms with Crippen LogP contribution in [0.2, 0.25) is 0 Å². The summed E-state index contributed by atoms with van der Waals surface area (Å²) in [6.07, 6.45) is 3.05. The van der Waals surface area contributed by atoms with Crippen molar-refractivity contribution in [2.24, 2.45) is 11.8 Å². The lowest BCUT2D eigenvalue weighted by Crippen LogP contribution is -2.45. The molecule has 2 heterocycles. The molecule has 0 aromatic heterocycles. The monoisotopic (exact) mass is 444 g/mol. The molecule has 1 aromatic carbocycles. The number of ketones is 1. The first-order chi connectivity index (χ1) is 15.3. The molecule has 0 bridgehead atoms. The number of rotatable bonds is 6. The predicted molar refractivity (Wildman–Crippen MR) is 109 cm³/mol. The van der Waals surface area contributed by atoms with Crippen LogP contribution in [0, 0.1) is 11.8 Å². The van der Waals surface area contributed by atoms with Crippen molar-refractivity contribution in [3.8, 4) is 11.5 Å². The molecule has 3 aliphatic rings. The summed E-state index contributed by atoms with van der Waals surface area (Å²) in [5.41, 5.74) is 0.419. The minimum Gasteiger partial charge on any atom is -0.454 e. The van der Waals surface area contributed by atoms with E-state index in [1.165, 1.54) is 26.0 Å². The third kappa shape index (κ3) is 3.92. The van der Waals surface area contributed by atoms with Crippen LogP contribution in [0.25, 0.3) is 0 Å². The Morgan fingerprint density at radius 2 is 1.69 bits per heavy atom. The first-order valence-corrected chi connectivity index (χ1v) is 10.6. The van der Waals surface area contributed by atoms with Gasteiger partial charge >= 0.3 is 5.97 Å². The summed E-state index contributed by atoms with van der Waals surface area (Å²) in [4.78, 5) is 63.0. The van der Waals surface area contributed by atoms with E-state index in [1.807, 2.05) is 0 Å². The molecule has 1 saturated carbocycles. The summed E-state index contributed by atoms with van der Waals surface area (Å²) in [6.45, 7) is 2.13. The van der Waals surface area contributed by atoms with E-state index < -0.39 is 24.5 Å². The molecular weight excluding hydrogens is 420 g/mol. The van der Waals surface area contributed by atoms with E-state index >= 15 is 0 Å². The van der Waals surface area contributed by atoms with Crippen molar-refractivity contribution in [1.29, 1.82) is 0 Å². The van der Waals surface area contributed by atoms with Gasteiger partial charge in [0.2, 0.25) is 18.6 Å². The summed E-state index contributed by atoms with van der Waals surface area (Å²) in [6, 6.07) is 1.81. The molecule has 0 spiro atoms. The molecule has 1 N–H and O–H groups in total. The number of hydrogen-bond donors (Lipinski definition) is 1. The number of imide groups is 1. The van der Waals surface area contributed by atoms with Crippen LogP contribution in [0.3, 0.4) is 0 Å². The number of carbonyl (C=O) groups is 5. The Bertz CT molecular complexity index is 980. The maximum Gasteiger partial charge on any atom is 0.329 e. The fraction of sp³-hybridized carbons (Fsp3) is 0.500. The minimum absolute atomic E-state index is 0.00916. The quantitative estimate of drug-likeness (QED) is 0.399. The lowest BCUT2D eigenvalue weighted by Gasteiger charge is -2.21. The third-order valence-electron chi connectivity index (χ3n) is 6.12. The van der Waals surface area contributed by atoms with E-state index in [-0.39, 0.29) is 47.5 Å². The fourth-order valence-corrected chi connectivity index (χ4v) is 4.46. The van der Waals surface area contributed by atoms with Gasteiger partial charge in [-0.15, -0.1) is 0 Å². The molecular formula is C22H24N2O8. The van der Waals surface area contributed by atoms with Crippen molar-refractivity contribution < 1.29 is 38.2 Å². The Morgan fingerprint density at radius 1 is 1.09 bits per heavy atom. The minimum atomic E-state index is -1.12. The molecule has 170 valence electrons. The van der Waals surface area contributed by atoms with Crippen molar-refractivity contribution in [3.63, 3.8) is 0 Å². The van der Waals surface area contributed by atoms with Crippen LogP contribution >= 0.6 is 0 Å². The Labute approximate surface area is 184 Å². The van der Waals surface area contributed by atoms with Crippen LogP contribution in [0.5, 0.6) is 11.5 Å². The highest BCUT2D eigenvalue weighted by Gasteiger charge is 2.51. The number of nitrogens with one attached hydrogen (secondary N) is 1. The maximum atomic E-state index is 12.6. The molecule has 2 fully saturated rings. The van der Waals surface area contributed by atoms with Gasteiger partial charge in [0, 0.05) is 11.6 Å². The second kappa shape index (κ2) is 8.60. The Hall–Kier alpha value is -3.43. The van der Waals surface area contributed by atoms with Gasteiger partial charge in [-0.3, -0.25) is 24.1 Å².